The number of thioether (sulfide) groups is 1. The van der Waals surface area contributed by atoms with Gasteiger partial charge in [0, 0.05) is 24.1 Å². The van der Waals surface area contributed by atoms with E-state index in [4.69, 9.17) is 14.2 Å². The van der Waals surface area contributed by atoms with Crippen molar-refractivity contribution in [1.82, 2.24) is 15.2 Å². The van der Waals surface area contributed by atoms with Crippen LogP contribution in [0.15, 0.2) is 57.8 Å². The predicted molar refractivity (Wildman–Crippen MR) is 122 cm³/mol. The van der Waals surface area contributed by atoms with Gasteiger partial charge in [-0.05, 0) is 42.5 Å². The molecule has 1 fully saturated rings. The minimum atomic E-state index is -3.51. The summed E-state index contributed by atoms with van der Waals surface area (Å²) in [5.41, 5.74) is 8.72. The van der Waals surface area contributed by atoms with E-state index >= 15 is 0 Å². The molecule has 0 saturated carbocycles. The molecule has 2 aromatic rings. The summed E-state index contributed by atoms with van der Waals surface area (Å²) in [6.07, 6.45) is 0. The van der Waals surface area contributed by atoms with Crippen molar-refractivity contribution >= 4 is 38.3 Å². The Morgan fingerprint density at radius 2 is 1.66 bits per heavy atom. The molecule has 0 spiro atoms. The van der Waals surface area contributed by atoms with Crippen LogP contribution in [0.2, 0.25) is 0 Å². The average Bonchev–Trinajstić information content (AvgIpc) is 2.85. The number of hydrogen-bond acceptors (Lipinski definition) is 8. The van der Waals surface area contributed by atoms with Crippen LogP contribution in [-0.4, -0.2) is 57.4 Å². The number of ether oxygens (including phenoxy) is 3. The number of amidine groups is 1. The first-order valence-electron chi connectivity index (χ1n) is 10.2. The van der Waals surface area contributed by atoms with Crippen LogP contribution in [0, 0.1) is 0 Å². The fourth-order valence-electron chi connectivity index (χ4n) is 3.45. The van der Waals surface area contributed by atoms with Gasteiger partial charge in [0.15, 0.2) is 16.7 Å². The van der Waals surface area contributed by atoms with Crippen LogP contribution in [-0.2, 0) is 14.8 Å². The van der Waals surface area contributed by atoms with Crippen LogP contribution in [0.4, 0.5) is 5.69 Å². The molecule has 3 heterocycles. The zero-order valence-electron chi connectivity index (χ0n) is 17.1. The highest BCUT2D eigenvalue weighted by atomic mass is 32.2. The lowest BCUT2D eigenvalue weighted by atomic mass is 10.1. The maximum absolute atomic E-state index is 12.7. The number of rotatable bonds is 4. The van der Waals surface area contributed by atoms with Crippen molar-refractivity contribution in [2.24, 2.45) is 4.99 Å². The summed E-state index contributed by atoms with van der Waals surface area (Å²) in [4.78, 5) is 4.80. The normalized spacial score (nSPS) is 20.2. The van der Waals surface area contributed by atoms with Crippen molar-refractivity contribution in [2.45, 2.75) is 4.90 Å². The van der Waals surface area contributed by atoms with E-state index in [9.17, 15) is 8.42 Å². The van der Waals surface area contributed by atoms with Gasteiger partial charge in [-0.3, -0.25) is 10.9 Å². The number of hydrogen-bond donors (Lipinski definition) is 2. The van der Waals surface area contributed by atoms with E-state index in [1.165, 1.54) is 16.1 Å². The summed E-state index contributed by atoms with van der Waals surface area (Å²) in [7, 11) is -3.51. The molecule has 9 nitrogen and oxygen atoms in total. The van der Waals surface area contributed by atoms with Crippen LogP contribution < -0.4 is 20.3 Å². The fraction of sp³-hybridized carbons (Fsp3) is 0.286. The molecule has 0 bridgehead atoms. The SMILES string of the molecule is O=S(=O)(c1ccc(N=C2NNC(c3ccc4c(c3)OCCO4)=CS2)cc1)N1CCOCC1. The van der Waals surface area contributed by atoms with Crippen molar-refractivity contribution in [1.29, 1.82) is 0 Å². The molecule has 32 heavy (non-hydrogen) atoms. The van der Waals surface area contributed by atoms with E-state index in [1.54, 1.807) is 24.3 Å². The molecule has 3 aliphatic heterocycles. The molecule has 11 heteroatoms. The third-order valence-corrected chi connectivity index (χ3v) is 7.80. The Morgan fingerprint density at radius 1 is 0.906 bits per heavy atom. The molecule has 2 aromatic carbocycles. The molecule has 0 amide bonds. The zero-order valence-corrected chi connectivity index (χ0v) is 18.7. The first kappa shape index (κ1) is 21.1. The molecule has 3 aliphatic rings. The Kier molecular flexibility index (Phi) is 5.96. The van der Waals surface area contributed by atoms with Crippen LogP contribution in [0.5, 0.6) is 11.5 Å². The average molecular weight is 475 g/mol. The summed E-state index contributed by atoms with van der Waals surface area (Å²) < 4.78 is 43.4. The topological polar surface area (TPSA) is 101 Å². The lowest BCUT2D eigenvalue weighted by Crippen LogP contribution is -2.40. The summed E-state index contributed by atoms with van der Waals surface area (Å²) in [6.45, 7) is 2.68. The van der Waals surface area contributed by atoms with Crippen molar-refractivity contribution in [3.8, 4) is 11.5 Å². The van der Waals surface area contributed by atoms with Crippen LogP contribution >= 0.6 is 11.8 Å². The van der Waals surface area contributed by atoms with Crippen molar-refractivity contribution in [2.75, 3.05) is 39.5 Å². The van der Waals surface area contributed by atoms with Gasteiger partial charge in [0.1, 0.15) is 13.2 Å². The number of hydrazine groups is 1. The molecule has 0 unspecified atom stereocenters. The van der Waals surface area contributed by atoms with Crippen molar-refractivity contribution in [3.05, 3.63) is 53.4 Å². The molecule has 0 aliphatic carbocycles. The van der Waals surface area contributed by atoms with Gasteiger partial charge in [0.25, 0.3) is 0 Å². The molecule has 0 radical (unpaired) electrons. The highest BCUT2D eigenvalue weighted by Gasteiger charge is 2.26. The van der Waals surface area contributed by atoms with Gasteiger partial charge >= 0.3 is 0 Å². The molecule has 2 N–H and O–H groups in total. The summed E-state index contributed by atoms with van der Waals surface area (Å²) >= 11 is 1.43. The van der Waals surface area contributed by atoms with Gasteiger partial charge in [-0.1, -0.05) is 11.8 Å². The van der Waals surface area contributed by atoms with Crippen molar-refractivity contribution in [3.63, 3.8) is 0 Å². The minimum absolute atomic E-state index is 0.256. The van der Waals surface area contributed by atoms with Gasteiger partial charge in [-0.25, -0.2) is 13.4 Å². The van der Waals surface area contributed by atoms with Crippen LogP contribution in [0.1, 0.15) is 5.56 Å². The molecular formula is C21H22N4O5S2. The monoisotopic (exact) mass is 474 g/mol. The van der Waals surface area contributed by atoms with Crippen LogP contribution in [0.3, 0.4) is 0 Å². The molecule has 5 rings (SSSR count). The molecular weight excluding hydrogens is 452 g/mol. The van der Waals surface area contributed by atoms with E-state index in [0.717, 1.165) is 22.8 Å². The number of morpholine rings is 1. The third-order valence-electron chi connectivity index (χ3n) is 5.12. The first-order valence-corrected chi connectivity index (χ1v) is 12.5. The lowest BCUT2D eigenvalue weighted by Gasteiger charge is -2.26. The Bertz CT molecular complexity index is 1160. The van der Waals surface area contributed by atoms with Crippen molar-refractivity contribution < 1.29 is 22.6 Å². The second-order valence-corrected chi connectivity index (χ2v) is 9.98. The molecule has 0 atom stereocenters. The van der Waals surface area contributed by atoms with Gasteiger partial charge in [-0.15, -0.1) is 0 Å². The number of nitrogens with zero attached hydrogens (tertiary/aromatic N) is 2. The van der Waals surface area contributed by atoms with E-state index in [1.807, 2.05) is 23.6 Å². The van der Waals surface area contributed by atoms with E-state index in [0.29, 0.717) is 50.4 Å². The summed E-state index contributed by atoms with van der Waals surface area (Å²) in [6, 6.07) is 12.4. The standard InChI is InChI=1S/C21H22N4O5S2/c26-32(27,25-7-9-28-10-8-25)17-4-2-16(3-5-17)22-21-24-23-18(14-31-21)15-1-6-19-20(13-15)30-12-11-29-19/h1-6,13-14,23H,7-12H2,(H,22,24). The van der Waals surface area contributed by atoms with E-state index in [-0.39, 0.29) is 4.90 Å². The Labute approximate surface area is 190 Å². The minimum Gasteiger partial charge on any atom is -0.486 e. The number of benzene rings is 2. The smallest absolute Gasteiger partial charge is 0.243 e. The number of sulfonamides is 1. The second kappa shape index (κ2) is 9.02. The van der Waals surface area contributed by atoms with Gasteiger partial charge in [-0.2, -0.15) is 4.31 Å². The maximum Gasteiger partial charge on any atom is 0.243 e. The van der Waals surface area contributed by atoms with E-state index < -0.39 is 10.0 Å². The highest BCUT2D eigenvalue weighted by molar-refractivity contribution is 8.16. The quantitative estimate of drug-likeness (QED) is 0.696. The Balaban J connectivity index is 1.27. The number of fused-ring (bicyclic) bond motifs is 1. The van der Waals surface area contributed by atoms with E-state index in [2.05, 4.69) is 15.8 Å². The number of aliphatic imine (C=N–C) groups is 1. The summed E-state index contributed by atoms with van der Waals surface area (Å²) in [5.74, 6) is 1.48. The molecule has 1 saturated heterocycles. The fourth-order valence-corrected chi connectivity index (χ4v) is 5.55. The summed E-state index contributed by atoms with van der Waals surface area (Å²) in [5, 5.41) is 2.60. The van der Waals surface area contributed by atoms with Gasteiger partial charge < -0.3 is 14.2 Å². The van der Waals surface area contributed by atoms with Crippen LogP contribution in [0.25, 0.3) is 5.70 Å². The first-order chi connectivity index (χ1) is 15.6. The zero-order chi connectivity index (χ0) is 22.0. The third kappa shape index (κ3) is 4.42. The van der Waals surface area contributed by atoms with Gasteiger partial charge in [0.05, 0.1) is 29.5 Å². The predicted octanol–water partition coefficient (Wildman–Crippen LogP) is 2.31. The largest absolute Gasteiger partial charge is 0.486 e. The Morgan fingerprint density at radius 3 is 2.38 bits per heavy atom. The highest BCUT2D eigenvalue weighted by Crippen LogP contribution is 2.33. The molecule has 168 valence electrons. The lowest BCUT2D eigenvalue weighted by molar-refractivity contribution is 0.0730. The van der Waals surface area contributed by atoms with Gasteiger partial charge in [0.2, 0.25) is 10.0 Å². The Hall–Kier alpha value is -2.73. The second-order valence-electron chi connectivity index (χ2n) is 7.19. The molecule has 0 aromatic heterocycles. The number of nitrogens with one attached hydrogen (secondary N) is 2. The maximum atomic E-state index is 12.7.